The van der Waals surface area contributed by atoms with E-state index in [4.69, 9.17) is 15.6 Å². The highest BCUT2D eigenvalue weighted by atomic mass is 19.4. The average molecular weight is 524 g/mol. The van der Waals surface area contributed by atoms with Crippen molar-refractivity contribution in [2.24, 2.45) is 5.73 Å². The van der Waals surface area contributed by atoms with Gasteiger partial charge in [-0.1, -0.05) is 48.5 Å². The highest BCUT2D eigenvalue weighted by Gasteiger charge is 2.38. The van der Waals surface area contributed by atoms with Gasteiger partial charge in [-0.05, 0) is 58.9 Å². The summed E-state index contributed by atoms with van der Waals surface area (Å²) < 4.78 is 73.0. The van der Waals surface area contributed by atoms with Crippen molar-refractivity contribution in [2.45, 2.75) is 37.8 Å². The highest BCUT2D eigenvalue weighted by Crippen LogP contribution is 2.35. The molecule has 4 N–H and O–H groups in total. The largest absolute Gasteiger partial charge is 0.490 e. The van der Waals surface area contributed by atoms with E-state index < -0.39 is 29.8 Å². The zero-order valence-corrected chi connectivity index (χ0v) is 19.2. The maximum absolute atomic E-state index is 13.8. The number of carbonyl (C=O) groups is 2. The van der Waals surface area contributed by atoms with Crippen molar-refractivity contribution in [3.63, 3.8) is 0 Å². The molecule has 0 saturated carbocycles. The number of benzene rings is 3. The summed E-state index contributed by atoms with van der Waals surface area (Å²) in [4.78, 5) is 20.3. The lowest BCUT2D eigenvalue weighted by molar-refractivity contribution is -0.192. The Kier molecular flexibility index (Phi) is 8.27. The minimum atomic E-state index is -5.08. The fourth-order valence-electron chi connectivity index (χ4n) is 3.98. The number of rotatable bonds is 5. The van der Waals surface area contributed by atoms with Crippen LogP contribution in [0.2, 0.25) is 0 Å². The molecule has 5 nitrogen and oxygen atoms in total. The number of fused-ring (bicyclic) bond motifs is 1. The molecule has 196 valence electrons. The molecule has 0 unspecified atom stereocenters. The Hall–Kier alpha value is -3.86. The van der Waals surface area contributed by atoms with Crippen LogP contribution in [0.4, 0.5) is 26.3 Å². The van der Waals surface area contributed by atoms with Crippen LogP contribution in [0.25, 0.3) is 11.1 Å². The Morgan fingerprint density at radius 2 is 1.43 bits per heavy atom. The molecule has 3 aromatic carbocycles. The summed E-state index contributed by atoms with van der Waals surface area (Å²) in [5, 5.41) is 10.4. The maximum Gasteiger partial charge on any atom is 0.490 e. The topological polar surface area (TPSA) is 92.4 Å². The average Bonchev–Trinajstić information content (AvgIpc) is 3.25. The van der Waals surface area contributed by atoms with Crippen molar-refractivity contribution < 1.29 is 41.0 Å². The minimum Gasteiger partial charge on any atom is -0.475 e. The van der Waals surface area contributed by atoms with Gasteiger partial charge in [0.1, 0.15) is 0 Å². The van der Waals surface area contributed by atoms with Crippen molar-refractivity contribution in [3.05, 3.63) is 94.5 Å². The number of nitrogens with two attached hydrogens (primary N) is 1. The van der Waals surface area contributed by atoms with Crippen molar-refractivity contribution >= 4 is 11.9 Å². The minimum absolute atomic E-state index is 0.121. The summed E-state index contributed by atoms with van der Waals surface area (Å²) in [6.07, 6.45) is -7.93. The third kappa shape index (κ3) is 7.32. The van der Waals surface area contributed by atoms with Crippen LogP contribution in [0.5, 0.6) is 0 Å². The van der Waals surface area contributed by atoms with Crippen molar-refractivity contribution in [2.75, 3.05) is 0 Å². The van der Waals surface area contributed by atoms with Crippen LogP contribution in [-0.2, 0) is 30.4 Å². The molecule has 37 heavy (non-hydrogen) atoms. The van der Waals surface area contributed by atoms with E-state index in [2.05, 4.69) is 17.4 Å². The van der Waals surface area contributed by atoms with Crippen LogP contribution in [0.15, 0.2) is 66.7 Å². The van der Waals surface area contributed by atoms with Crippen LogP contribution in [-0.4, -0.2) is 29.2 Å². The molecule has 0 fully saturated rings. The van der Waals surface area contributed by atoms with E-state index in [1.807, 2.05) is 12.1 Å². The Morgan fingerprint density at radius 3 is 1.95 bits per heavy atom. The second-order valence-electron chi connectivity index (χ2n) is 8.37. The van der Waals surface area contributed by atoms with Gasteiger partial charge in [0.05, 0.1) is 5.56 Å². The van der Waals surface area contributed by atoms with Gasteiger partial charge < -0.3 is 16.2 Å². The number of hydrogen-bond donors (Lipinski definition) is 3. The maximum atomic E-state index is 13.8. The standard InChI is InChI=1S/C24H21F3N2O.C2HF3O2/c25-24(26,27)22-13-18(15-6-3-7-19(10-15)23(28)30)8-9-20(22)14-29-21-11-16-4-1-2-5-17(16)12-21;3-2(4,5)1(6)7/h1-10,13,21,29H,11-12,14H2,(H2,28,30);(H,6,7). The summed E-state index contributed by atoms with van der Waals surface area (Å²) in [6.45, 7) is 0.134. The molecular weight excluding hydrogens is 502 g/mol. The molecule has 0 heterocycles. The van der Waals surface area contributed by atoms with Crippen molar-refractivity contribution in [1.82, 2.24) is 5.32 Å². The predicted molar refractivity (Wildman–Crippen MR) is 124 cm³/mol. The molecule has 0 bridgehead atoms. The normalized spacial score (nSPS) is 13.5. The number of carboxylic acid groups (broad SMARTS) is 1. The van der Waals surface area contributed by atoms with Gasteiger partial charge in [0, 0.05) is 18.2 Å². The van der Waals surface area contributed by atoms with Crippen LogP contribution in [0, 0.1) is 0 Å². The van der Waals surface area contributed by atoms with Gasteiger partial charge in [-0.3, -0.25) is 4.79 Å². The first-order valence-electron chi connectivity index (χ1n) is 11.0. The number of alkyl halides is 6. The molecule has 3 aromatic rings. The van der Waals surface area contributed by atoms with E-state index in [1.165, 1.54) is 29.3 Å². The summed E-state index contributed by atoms with van der Waals surface area (Å²) in [7, 11) is 0. The van der Waals surface area contributed by atoms with E-state index in [1.54, 1.807) is 18.2 Å². The fraction of sp³-hybridized carbons (Fsp3) is 0.231. The summed E-state index contributed by atoms with van der Waals surface area (Å²) in [6, 6.07) is 18.8. The second kappa shape index (κ2) is 11.0. The Morgan fingerprint density at radius 1 is 0.865 bits per heavy atom. The summed E-state index contributed by atoms with van der Waals surface area (Å²) >= 11 is 0. The molecule has 1 aliphatic rings. The predicted octanol–water partition coefficient (Wildman–Crippen LogP) is 5.36. The number of aliphatic carboxylic acids is 1. The van der Waals surface area contributed by atoms with Gasteiger partial charge in [-0.15, -0.1) is 0 Å². The number of primary amides is 1. The van der Waals surface area contributed by atoms with Gasteiger partial charge in [-0.25, -0.2) is 4.79 Å². The van der Waals surface area contributed by atoms with E-state index in [0.29, 0.717) is 11.1 Å². The number of nitrogens with one attached hydrogen (secondary N) is 1. The van der Waals surface area contributed by atoms with E-state index in [0.717, 1.165) is 18.9 Å². The molecule has 4 rings (SSSR count). The number of halogens is 6. The van der Waals surface area contributed by atoms with Gasteiger partial charge in [0.25, 0.3) is 0 Å². The third-order valence-corrected chi connectivity index (χ3v) is 5.77. The highest BCUT2D eigenvalue weighted by molar-refractivity contribution is 5.94. The lowest BCUT2D eigenvalue weighted by atomic mass is 9.97. The van der Waals surface area contributed by atoms with Gasteiger partial charge in [0.2, 0.25) is 5.91 Å². The molecular formula is C26H22F6N2O3. The Bertz CT molecular complexity index is 1260. The van der Waals surface area contributed by atoms with E-state index in [9.17, 15) is 31.1 Å². The van der Waals surface area contributed by atoms with Crippen LogP contribution in [0.3, 0.4) is 0 Å². The molecule has 1 aliphatic carbocycles. The number of carboxylic acids is 1. The van der Waals surface area contributed by atoms with Gasteiger partial charge in [-0.2, -0.15) is 26.3 Å². The molecule has 1 amide bonds. The third-order valence-electron chi connectivity index (χ3n) is 5.77. The monoisotopic (exact) mass is 524 g/mol. The summed E-state index contributed by atoms with van der Waals surface area (Å²) in [5.41, 5.74) is 8.47. The lowest BCUT2D eigenvalue weighted by Gasteiger charge is -2.18. The lowest BCUT2D eigenvalue weighted by Crippen LogP contribution is -2.30. The van der Waals surface area contributed by atoms with Crippen molar-refractivity contribution in [1.29, 1.82) is 0 Å². The molecule has 0 spiro atoms. The molecule has 0 aliphatic heterocycles. The number of carbonyl (C=O) groups excluding carboxylic acids is 1. The van der Waals surface area contributed by atoms with Crippen LogP contribution in [0.1, 0.15) is 32.6 Å². The van der Waals surface area contributed by atoms with Gasteiger partial charge in [0.15, 0.2) is 0 Å². The SMILES string of the molecule is NC(=O)c1cccc(-c2ccc(CNC3Cc4ccccc4C3)c(C(F)(F)F)c2)c1.O=C(O)C(F)(F)F. The number of amides is 1. The second-order valence-corrected chi connectivity index (χ2v) is 8.37. The van der Waals surface area contributed by atoms with Crippen molar-refractivity contribution in [3.8, 4) is 11.1 Å². The Balaban J connectivity index is 0.000000479. The first-order chi connectivity index (χ1) is 17.3. The smallest absolute Gasteiger partial charge is 0.475 e. The first kappa shape index (κ1) is 27.7. The zero-order valence-electron chi connectivity index (χ0n) is 19.2. The molecule has 11 heteroatoms. The fourth-order valence-corrected chi connectivity index (χ4v) is 3.98. The number of hydrogen-bond acceptors (Lipinski definition) is 3. The Labute approximate surface area is 207 Å². The van der Waals surface area contributed by atoms with E-state index >= 15 is 0 Å². The van der Waals surface area contributed by atoms with E-state index in [-0.39, 0.29) is 23.7 Å². The zero-order chi connectivity index (χ0) is 27.4. The molecule has 0 saturated heterocycles. The quantitative estimate of drug-likeness (QED) is 0.392. The molecule has 0 atom stereocenters. The van der Waals surface area contributed by atoms with Gasteiger partial charge >= 0.3 is 18.3 Å². The summed E-state index contributed by atoms with van der Waals surface area (Å²) in [5.74, 6) is -3.38. The van der Waals surface area contributed by atoms with Crippen LogP contribution >= 0.6 is 0 Å². The van der Waals surface area contributed by atoms with Crippen LogP contribution < -0.4 is 11.1 Å². The molecule has 0 radical (unpaired) electrons. The molecule has 0 aromatic heterocycles. The first-order valence-corrected chi connectivity index (χ1v) is 11.0.